The highest BCUT2D eigenvalue weighted by atomic mass is 16.3. The predicted molar refractivity (Wildman–Crippen MR) is 75.6 cm³/mol. The smallest absolute Gasteiger partial charge is 0.0465 e. The molecule has 0 heterocycles. The Morgan fingerprint density at radius 1 is 0.889 bits per heavy atom. The lowest BCUT2D eigenvalue weighted by Crippen LogP contribution is -2.13. The van der Waals surface area contributed by atoms with Gasteiger partial charge in [0, 0.05) is 6.61 Å². The van der Waals surface area contributed by atoms with Crippen LogP contribution >= 0.6 is 0 Å². The van der Waals surface area contributed by atoms with Crippen LogP contribution in [-0.2, 0) is 12.8 Å². The summed E-state index contributed by atoms with van der Waals surface area (Å²) >= 11 is 0. The summed E-state index contributed by atoms with van der Waals surface area (Å²) in [5.41, 5.74) is 3.95. The Hall–Kier alpha value is -1.60. The Bertz CT molecular complexity index is 476. The molecule has 0 aliphatic carbocycles. The summed E-state index contributed by atoms with van der Waals surface area (Å²) in [6.07, 6.45) is 1.88. The molecule has 0 saturated carbocycles. The fourth-order valence-corrected chi connectivity index (χ4v) is 2.30. The monoisotopic (exact) mass is 240 g/mol. The van der Waals surface area contributed by atoms with Gasteiger partial charge in [-0.2, -0.15) is 0 Å². The van der Waals surface area contributed by atoms with Crippen molar-refractivity contribution in [1.29, 1.82) is 0 Å². The van der Waals surface area contributed by atoms with Crippen LogP contribution in [-0.4, -0.2) is 11.7 Å². The van der Waals surface area contributed by atoms with Crippen molar-refractivity contribution in [2.45, 2.75) is 19.8 Å². The molecule has 2 aromatic rings. The van der Waals surface area contributed by atoms with Crippen LogP contribution in [0.2, 0.25) is 0 Å². The summed E-state index contributed by atoms with van der Waals surface area (Å²) in [5, 5.41) is 9.54. The SMILES string of the molecule is Cc1ccccc1CC(CO)Cc1ccccc1. The molecular formula is C17H20O. The van der Waals surface area contributed by atoms with Gasteiger partial charge in [-0.1, -0.05) is 54.6 Å². The van der Waals surface area contributed by atoms with Gasteiger partial charge in [0.15, 0.2) is 0 Å². The Morgan fingerprint density at radius 3 is 2.22 bits per heavy atom. The third-order valence-corrected chi connectivity index (χ3v) is 3.40. The Balaban J connectivity index is 2.04. The highest BCUT2D eigenvalue weighted by molar-refractivity contribution is 5.26. The Labute approximate surface area is 109 Å². The van der Waals surface area contributed by atoms with Crippen LogP contribution in [0.25, 0.3) is 0 Å². The van der Waals surface area contributed by atoms with Gasteiger partial charge in [0.05, 0.1) is 0 Å². The molecular weight excluding hydrogens is 220 g/mol. The van der Waals surface area contributed by atoms with Crippen LogP contribution in [0.3, 0.4) is 0 Å². The first-order chi connectivity index (χ1) is 8.79. The molecule has 0 bridgehead atoms. The van der Waals surface area contributed by atoms with Crippen molar-refractivity contribution in [3.8, 4) is 0 Å². The van der Waals surface area contributed by atoms with Gasteiger partial charge in [-0.15, -0.1) is 0 Å². The van der Waals surface area contributed by atoms with E-state index in [4.69, 9.17) is 0 Å². The zero-order valence-electron chi connectivity index (χ0n) is 10.8. The number of aliphatic hydroxyl groups is 1. The van der Waals surface area contributed by atoms with Gasteiger partial charge in [-0.05, 0) is 42.4 Å². The average molecular weight is 240 g/mol. The summed E-state index contributed by atoms with van der Waals surface area (Å²) in [6.45, 7) is 2.37. The number of benzene rings is 2. The number of hydrogen-bond donors (Lipinski definition) is 1. The molecule has 2 aromatic carbocycles. The number of rotatable bonds is 5. The van der Waals surface area contributed by atoms with Gasteiger partial charge in [0.2, 0.25) is 0 Å². The maximum Gasteiger partial charge on any atom is 0.0465 e. The van der Waals surface area contributed by atoms with Crippen LogP contribution in [0.1, 0.15) is 16.7 Å². The number of aryl methyl sites for hydroxylation is 1. The van der Waals surface area contributed by atoms with Crippen LogP contribution in [0, 0.1) is 12.8 Å². The van der Waals surface area contributed by atoms with E-state index in [1.165, 1.54) is 16.7 Å². The van der Waals surface area contributed by atoms with Gasteiger partial charge in [-0.3, -0.25) is 0 Å². The maximum atomic E-state index is 9.54. The molecule has 0 saturated heterocycles. The van der Waals surface area contributed by atoms with Crippen LogP contribution in [0.15, 0.2) is 54.6 Å². The molecule has 0 fully saturated rings. The average Bonchev–Trinajstić information content (AvgIpc) is 2.41. The van der Waals surface area contributed by atoms with E-state index in [2.05, 4.69) is 55.5 Å². The van der Waals surface area contributed by atoms with Crippen molar-refractivity contribution < 1.29 is 5.11 Å². The van der Waals surface area contributed by atoms with E-state index in [1.54, 1.807) is 0 Å². The molecule has 0 radical (unpaired) electrons. The minimum Gasteiger partial charge on any atom is -0.396 e. The first-order valence-corrected chi connectivity index (χ1v) is 6.49. The predicted octanol–water partition coefficient (Wildman–Crippen LogP) is 3.39. The molecule has 1 nitrogen and oxygen atoms in total. The summed E-state index contributed by atoms with van der Waals surface area (Å²) in [4.78, 5) is 0. The van der Waals surface area contributed by atoms with E-state index < -0.39 is 0 Å². The normalized spacial score (nSPS) is 12.3. The maximum absolute atomic E-state index is 9.54. The van der Waals surface area contributed by atoms with E-state index in [1.807, 2.05) is 6.07 Å². The van der Waals surface area contributed by atoms with Gasteiger partial charge in [-0.25, -0.2) is 0 Å². The second kappa shape index (κ2) is 6.36. The summed E-state index contributed by atoms with van der Waals surface area (Å²) in [5.74, 6) is 0.300. The zero-order chi connectivity index (χ0) is 12.8. The summed E-state index contributed by atoms with van der Waals surface area (Å²) in [6, 6.07) is 18.8. The molecule has 1 heteroatoms. The molecule has 0 spiro atoms. The van der Waals surface area contributed by atoms with E-state index in [9.17, 15) is 5.11 Å². The molecule has 0 aliphatic heterocycles. The topological polar surface area (TPSA) is 20.2 Å². The first kappa shape index (κ1) is 12.8. The van der Waals surface area contributed by atoms with Crippen LogP contribution < -0.4 is 0 Å². The molecule has 1 atom stereocenters. The van der Waals surface area contributed by atoms with Crippen molar-refractivity contribution in [3.05, 3.63) is 71.3 Å². The van der Waals surface area contributed by atoms with E-state index in [-0.39, 0.29) is 6.61 Å². The van der Waals surface area contributed by atoms with Crippen LogP contribution in [0.4, 0.5) is 0 Å². The van der Waals surface area contributed by atoms with Gasteiger partial charge in [0.1, 0.15) is 0 Å². The van der Waals surface area contributed by atoms with E-state index in [0.717, 1.165) is 12.8 Å². The highest BCUT2D eigenvalue weighted by Crippen LogP contribution is 2.17. The highest BCUT2D eigenvalue weighted by Gasteiger charge is 2.10. The minimum atomic E-state index is 0.239. The van der Waals surface area contributed by atoms with Crippen molar-refractivity contribution >= 4 is 0 Å². The fraction of sp³-hybridized carbons (Fsp3) is 0.294. The zero-order valence-corrected chi connectivity index (χ0v) is 10.8. The Kier molecular flexibility index (Phi) is 4.54. The first-order valence-electron chi connectivity index (χ1n) is 6.49. The van der Waals surface area contributed by atoms with Crippen LogP contribution in [0.5, 0.6) is 0 Å². The standard InChI is InChI=1S/C17H20O/c1-14-7-5-6-10-17(14)12-16(13-18)11-15-8-3-2-4-9-15/h2-10,16,18H,11-13H2,1H3. The largest absolute Gasteiger partial charge is 0.396 e. The molecule has 0 aliphatic rings. The lowest BCUT2D eigenvalue weighted by molar-refractivity contribution is 0.225. The number of aliphatic hydroxyl groups excluding tert-OH is 1. The van der Waals surface area contributed by atoms with Crippen molar-refractivity contribution in [2.24, 2.45) is 5.92 Å². The lowest BCUT2D eigenvalue weighted by Gasteiger charge is -2.15. The molecule has 0 aromatic heterocycles. The second-order valence-corrected chi connectivity index (χ2v) is 4.87. The van der Waals surface area contributed by atoms with Crippen molar-refractivity contribution in [1.82, 2.24) is 0 Å². The Morgan fingerprint density at radius 2 is 1.56 bits per heavy atom. The van der Waals surface area contributed by atoms with Gasteiger partial charge in [0.25, 0.3) is 0 Å². The third-order valence-electron chi connectivity index (χ3n) is 3.40. The van der Waals surface area contributed by atoms with Crippen molar-refractivity contribution in [2.75, 3.05) is 6.61 Å². The van der Waals surface area contributed by atoms with E-state index in [0.29, 0.717) is 5.92 Å². The van der Waals surface area contributed by atoms with E-state index >= 15 is 0 Å². The van der Waals surface area contributed by atoms with Gasteiger partial charge >= 0.3 is 0 Å². The summed E-state index contributed by atoms with van der Waals surface area (Å²) < 4.78 is 0. The van der Waals surface area contributed by atoms with Crippen molar-refractivity contribution in [3.63, 3.8) is 0 Å². The third kappa shape index (κ3) is 3.44. The summed E-state index contributed by atoms with van der Waals surface area (Å²) in [7, 11) is 0. The molecule has 18 heavy (non-hydrogen) atoms. The lowest BCUT2D eigenvalue weighted by atomic mass is 9.91. The minimum absolute atomic E-state index is 0.239. The molecule has 0 amide bonds. The molecule has 1 N–H and O–H groups in total. The molecule has 1 unspecified atom stereocenters. The quantitative estimate of drug-likeness (QED) is 0.849. The molecule has 2 rings (SSSR count). The van der Waals surface area contributed by atoms with Gasteiger partial charge < -0.3 is 5.11 Å². The molecule has 94 valence electrons. The fourth-order valence-electron chi connectivity index (χ4n) is 2.30. The number of hydrogen-bond acceptors (Lipinski definition) is 1. The second-order valence-electron chi connectivity index (χ2n) is 4.87.